The average molecular weight is 338 g/mol. The van der Waals surface area contributed by atoms with E-state index in [1.807, 2.05) is 19.1 Å². The predicted molar refractivity (Wildman–Crippen MR) is 87.6 cm³/mol. The molecule has 23 heavy (non-hydrogen) atoms. The van der Waals surface area contributed by atoms with Crippen LogP contribution in [0.2, 0.25) is 5.02 Å². The first-order chi connectivity index (χ1) is 11.1. The summed E-state index contributed by atoms with van der Waals surface area (Å²) in [6.45, 7) is 3.66. The van der Waals surface area contributed by atoms with Crippen molar-refractivity contribution in [1.29, 1.82) is 0 Å². The van der Waals surface area contributed by atoms with Gasteiger partial charge in [-0.3, -0.25) is 9.59 Å². The van der Waals surface area contributed by atoms with Crippen LogP contribution in [0.15, 0.2) is 24.3 Å². The molecule has 0 aliphatic carbocycles. The quantitative estimate of drug-likeness (QED) is 0.861. The van der Waals surface area contributed by atoms with Crippen molar-refractivity contribution in [3.05, 3.63) is 29.3 Å². The molecule has 2 aliphatic rings. The van der Waals surface area contributed by atoms with Crippen LogP contribution in [0.25, 0.3) is 0 Å². The van der Waals surface area contributed by atoms with Gasteiger partial charge in [-0.15, -0.1) is 0 Å². The minimum absolute atomic E-state index is 0.0925. The van der Waals surface area contributed by atoms with E-state index in [1.165, 1.54) is 0 Å². The highest BCUT2D eigenvalue weighted by Gasteiger charge is 2.36. The van der Waals surface area contributed by atoms with Gasteiger partial charge in [0.15, 0.2) is 0 Å². The fraction of sp³-hybridized carbons (Fsp3) is 0.500. The highest BCUT2D eigenvalue weighted by molar-refractivity contribution is 6.30. The molecule has 2 fully saturated rings. The van der Waals surface area contributed by atoms with Crippen molar-refractivity contribution in [3.8, 4) is 0 Å². The molecule has 1 aromatic carbocycles. The van der Waals surface area contributed by atoms with Crippen LogP contribution in [-0.4, -0.2) is 49.7 Å². The Balaban J connectivity index is 1.62. The van der Waals surface area contributed by atoms with Gasteiger partial charge in [0.2, 0.25) is 11.8 Å². The Bertz CT molecular complexity index is 593. The van der Waals surface area contributed by atoms with E-state index >= 15 is 0 Å². The first kappa shape index (κ1) is 16.2. The third-order valence-corrected chi connectivity index (χ3v) is 4.51. The predicted octanol–water partition coefficient (Wildman–Crippen LogP) is 0.938. The van der Waals surface area contributed by atoms with Gasteiger partial charge in [-0.1, -0.05) is 11.6 Å². The first-order valence-electron chi connectivity index (χ1n) is 7.78. The molecule has 0 radical (unpaired) electrons. The monoisotopic (exact) mass is 337 g/mol. The van der Waals surface area contributed by atoms with Crippen LogP contribution < -0.4 is 15.5 Å². The second-order valence-electron chi connectivity index (χ2n) is 5.82. The van der Waals surface area contributed by atoms with E-state index < -0.39 is 12.1 Å². The summed E-state index contributed by atoms with van der Waals surface area (Å²) in [6.07, 6.45) is 0.391. The van der Waals surface area contributed by atoms with Crippen LogP contribution in [-0.2, 0) is 14.3 Å². The molecule has 0 spiro atoms. The number of rotatable bonds is 3. The average Bonchev–Trinajstić information content (AvgIpc) is 2.89. The van der Waals surface area contributed by atoms with Gasteiger partial charge in [-0.2, -0.15) is 0 Å². The molecule has 3 rings (SSSR count). The lowest BCUT2D eigenvalue weighted by molar-refractivity contribution is -0.132. The van der Waals surface area contributed by atoms with Crippen LogP contribution in [0.3, 0.4) is 0 Å². The number of anilines is 1. The molecule has 2 N–H and O–H groups in total. The van der Waals surface area contributed by atoms with Crippen LogP contribution in [0, 0.1) is 0 Å². The molecule has 3 atom stereocenters. The summed E-state index contributed by atoms with van der Waals surface area (Å²) >= 11 is 5.87. The van der Waals surface area contributed by atoms with Crippen molar-refractivity contribution in [2.45, 2.75) is 31.5 Å². The van der Waals surface area contributed by atoms with E-state index in [0.29, 0.717) is 31.1 Å². The number of amides is 2. The molecule has 2 amide bonds. The third-order valence-electron chi connectivity index (χ3n) is 4.26. The number of morpholine rings is 1. The van der Waals surface area contributed by atoms with E-state index in [1.54, 1.807) is 17.0 Å². The molecule has 0 aromatic heterocycles. The fourth-order valence-electron chi connectivity index (χ4n) is 2.98. The fourth-order valence-corrected chi connectivity index (χ4v) is 3.11. The van der Waals surface area contributed by atoms with Gasteiger partial charge in [0.05, 0.1) is 12.7 Å². The Hall–Kier alpha value is -1.63. The molecule has 0 bridgehead atoms. The largest absolute Gasteiger partial charge is 0.375 e. The molecule has 2 saturated heterocycles. The van der Waals surface area contributed by atoms with Gasteiger partial charge in [-0.25, -0.2) is 0 Å². The van der Waals surface area contributed by atoms with Crippen molar-refractivity contribution in [1.82, 2.24) is 10.6 Å². The number of hydrogen-bond donors (Lipinski definition) is 2. The summed E-state index contributed by atoms with van der Waals surface area (Å²) in [4.78, 5) is 26.5. The standard InChI is InChI=1S/C16H20ClN3O3/c1-10-14(18-7-9-23-10)15(21)19-13-6-8-20(16(13)22)12-4-2-11(17)3-5-12/h2-5,10,13-14,18H,6-9H2,1H3,(H,19,21)/t10-,13?,14+/m1/s1. The number of carbonyl (C=O) groups excluding carboxylic acids is 2. The topological polar surface area (TPSA) is 70.7 Å². The van der Waals surface area contributed by atoms with Crippen LogP contribution in [0.1, 0.15) is 13.3 Å². The van der Waals surface area contributed by atoms with E-state index in [0.717, 1.165) is 5.69 Å². The second-order valence-corrected chi connectivity index (χ2v) is 6.26. The number of halogens is 1. The lowest BCUT2D eigenvalue weighted by atomic mass is 10.1. The molecule has 1 unspecified atom stereocenters. The normalized spacial score (nSPS) is 28.0. The van der Waals surface area contributed by atoms with E-state index in [-0.39, 0.29) is 17.9 Å². The molecule has 6 nitrogen and oxygen atoms in total. The Kier molecular flexibility index (Phi) is 4.84. The maximum Gasteiger partial charge on any atom is 0.249 e. The van der Waals surface area contributed by atoms with Gasteiger partial charge >= 0.3 is 0 Å². The van der Waals surface area contributed by atoms with Gasteiger partial charge in [0.1, 0.15) is 12.1 Å². The smallest absolute Gasteiger partial charge is 0.249 e. The summed E-state index contributed by atoms with van der Waals surface area (Å²) in [5.74, 6) is -0.279. The highest BCUT2D eigenvalue weighted by atomic mass is 35.5. The second kappa shape index (κ2) is 6.86. The Morgan fingerprint density at radius 3 is 2.83 bits per heavy atom. The molecule has 2 aliphatic heterocycles. The van der Waals surface area contributed by atoms with Gasteiger partial charge < -0.3 is 20.3 Å². The molecule has 7 heteroatoms. The van der Waals surface area contributed by atoms with Crippen LogP contribution in [0.5, 0.6) is 0 Å². The Morgan fingerprint density at radius 2 is 2.13 bits per heavy atom. The van der Waals surface area contributed by atoms with E-state index in [2.05, 4.69) is 10.6 Å². The van der Waals surface area contributed by atoms with E-state index in [4.69, 9.17) is 16.3 Å². The maximum atomic E-state index is 12.5. The number of carbonyl (C=O) groups is 2. The molecule has 124 valence electrons. The van der Waals surface area contributed by atoms with E-state index in [9.17, 15) is 9.59 Å². The summed E-state index contributed by atoms with van der Waals surface area (Å²) < 4.78 is 5.47. The summed E-state index contributed by atoms with van der Waals surface area (Å²) in [5, 5.41) is 6.60. The summed E-state index contributed by atoms with van der Waals surface area (Å²) in [7, 11) is 0. The number of nitrogens with one attached hydrogen (secondary N) is 2. The minimum Gasteiger partial charge on any atom is -0.375 e. The molecule has 1 aromatic rings. The van der Waals surface area contributed by atoms with Crippen molar-refractivity contribution >= 4 is 29.1 Å². The zero-order valence-electron chi connectivity index (χ0n) is 12.9. The van der Waals surface area contributed by atoms with Crippen molar-refractivity contribution < 1.29 is 14.3 Å². The zero-order chi connectivity index (χ0) is 16.4. The SMILES string of the molecule is C[C@H]1OCCN[C@@H]1C(=O)NC1CCN(c2ccc(Cl)cc2)C1=O. The zero-order valence-corrected chi connectivity index (χ0v) is 13.7. The number of hydrogen-bond acceptors (Lipinski definition) is 4. The van der Waals surface area contributed by atoms with Crippen molar-refractivity contribution in [2.24, 2.45) is 0 Å². The number of benzene rings is 1. The van der Waals surface area contributed by atoms with Crippen molar-refractivity contribution in [3.63, 3.8) is 0 Å². The third kappa shape index (κ3) is 3.49. The van der Waals surface area contributed by atoms with Crippen LogP contribution in [0.4, 0.5) is 5.69 Å². The lowest BCUT2D eigenvalue weighted by Crippen LogP contribution is -2.57. The summed E-state index contributed by atoms with van der Waals surface area (Å²) in [6, 6.07) is 6.21. The Morgan fingerprint density at radius 1 is 1.39 bits per heavy atom. The summed E-state index contributed by atoms with van der Waals surface area (Å²) in [5.41, 5.74) is 0.795. The molecular weight excluding hydrogens is 318 g/mol. The molecule has 2 heterocycles. The van der Waals surface area contributed by atoms with Crippen LogP contribution >= 0.6 is 11.6 Å². The minimum atomic E-state index is -0.492. The lowest BCUT2D eigenvalue weighted by Gasteiger charge is -2.30. The molecule has 0 saturated carbocycles. The number of ether oxygens (including phenoxy) is 1. The Labute approximate surface area is 140 Å². The maximum absolute atomic E-state index is 12.5. The number of nitrogens with zero attached hydrogens (tertiary/aromatic N) is 1. The van der Waals surface area contributed by atoms with Gasteiger partial charge in [-0.05, 0) is 37.6 Å². The van der Waals surface area contributed by atoms with Gasteiger partial charge in [0.25, 0.3) is 0 Å². The molecular formula is C16H20ClN3O3. The highest BCUT2D eigenvalue weighted by Crippen LogP contribution is 2.23. The first-order valence-corrected chi connectivity index (χ1v) is 8.16. The van der Waals surface area contributed by atoms with Crippen molar-refractivity contribution in [2.75, 3.05) is 24.6 Å². The van der Waals surface area contributed by atoms with Gasteiger partial charge in [0, 0.05) is 23.8 Å².